The first-order valence-corrected chi connectivity index (χ1v) is 11.0. The molecular formula is C23H25N5O6. The van der Waals surface area contributed by atoms with Crippen molar-refractivity contribution < 1.29 is 29.2 Å². The van der Waals surface area contributed by atoms with Crippen molar-refractivity contribution in [1.82, 2.24) is 4.68 Å². The molecule has 11 nitrogen and oxygen atoms in total. The van der Waals surface area contributed by atoms with Crippen LogP contribution in [0.25, 0.3) is 0 Å². The van der Waals surface area contributed by atoms with Crippen molar-refractivity contribution in [2.24, 2.45) is 10.7 Å². The smallest absolute Gasteiger partial charge is 0.433 e. The van der Waals surface area contributed by atoms with Crippen LogP contribution in [0.15, 0.2) is 47.5 Å². The first-order chi connectivity index (χ1) is 16.4. The van der Waals surface area contributed by atoms with Crippen LogP contribution in [0.3, 0.4) is 0 Å². The largest absolute Gasteiger partial charge is 0.508 e. The van der Waals surface area contributed by atoms with Gasteiger partial charge in [0.1, 0.15) is 55.8 Å². The lowest BCUT2D eigenvalue weighted by atomic mass is 9.92. The van der Waals surface area contributed by atoms with Crippen LogP contribution in [0.2, 0.25) is 0 Å². The lowest BCUT2D eigenvalue weighted by molar-refractivity contribution is -0.0727. The number of hydrogen-bond acceptors (Lipinski definition) is 10. The molecule has 11 heteroatoms. The molecule has 1 aliphatic carbocycles. The number of nitrogens with one attached hydrogen (secondary N) is 1. The van der Waals surface area contributed by atoms with E-state index in [1.54, 1.807) is 12.1 Å². The Hall–Kier alpha value is -3.59. The van der Waals surface area contributed by atoms with E-state index in [9.17, 15) is 20.3 Å². The van der Waals surface area contributed by atoms with Crippen LogP contribution in [-0.2, 0) is 25.2 Å². The summed E-state index contributed by atoms with van der Waals surface area (Å²) in [4.78, 5) is 16.3. The normalized spacial score (nSPS) is 28.7. The minimum absolute atomic E-state index is 0.170. The predicted octanol–water partition coefficient (Wildman–Crippen LogP) is 0.432. The Labute approximate surface area is 195 Å². The Balaban J connectivity index is 1.23. The van der Waals surface area contributed by atoms with Crippen LogP contribution < -0.4 is 11.2 Å². The number of nitrogens with zero attached hydrogens (tertiary/aromatic N) is 3. The van der Waals surface area contributed by atoms with Gasteiger partial charge >= 0.3 is 6.16 Å². The number of hydrogen-bond donors (Lipinski definition) is 4. The van der Waals surface area contributed by atoms with Crippen molar-refractivity contribution in [1.29, 1.82) is 5.26 Å². The molecule has 2 fully saturated rings. The molecule has 2 aromatic rings. The zero-order chi connectivity index (χ0) is 23.9. The van der Waals surface area contributed by atoms with E-state index in [1.807, 2.05) is 36.4 Å². The van der Waals surface area contributed by atoms with Gasteiger partial charge in [0.15, 0.2) is 0 Å². The number of carbonyl (C=O) groups is 1. The van der Waals surface area contributed by atoms with Crippen LogP contribution >= 0.6 is 0 Å². The summed E-state index contributed by atoms with van der Waals surface area (Å²) in [5, 5.41) is 31.3. The Morgan fingerprint density at radius 1 is 1.26 bits per heavy atom. The summed E-state index contributed by atoms with van der Waals surface area (Å²) < 4.78 is 17.8. The molecule has 1 aromatic carbocycles. The monoisotopic (exact) mass is 467 g/mol. The Kier molecular flexibility index (Phi) is 5.44. The SMILES string of the molecule is N#C[C@@]1(c2ccc3n2NCN=C3N)O[C@H](COC(=O)OCC2(c3ccccc3)CC2)[C@@H](O)[C@H]1O. The van der Waals surface area contributed by atoms with Gasteiger partial charge in [-0.25, -0.2) is 9.79 Å². The molecule has 34 heavy (non-hydrogen) atoms. The molecule has 5 rings (SSSR count). The van der Waals surface area contributed by atoms with Gasteiger partial charge in [-0.1, -0.05) is 30.3 Å². The van der Waals surface area contributed by atoms with Gasteiger partial charge in [-0.3, -0.25) is 4.68 Å². The van der Waals surface area contributed by atoms with Crippen molar-refractivity contribution in [2.75, 3.05) is 25.3 Å². The topological polar surface area (TPSA) is 164 Å². The Morgan fingerprint density at radius 2 is 2.03 bits per heavy atom. The highest BCUT2D eigenvalue weighted by Gasteiger charge is 2.58. The second kappa shape index (κ2) is 8.32. The fourth-order valence-corrected chi connectivity index (χ4v) is 4.53. The molecule has 0 bridgehead atoms. The highest BCUT2D eigenvalue weighted by Crippen LogP contribution is 2.48. The summed E-state index contributed by atoms with van der Waals surface area (Å²) in [7, 11) is 0. The van der Waals surface area contributed by atoms with Crippen LogP contribution in [0.1, 0.15) is 29.8 Å². The molecule has 1 saturated heterocycles. The average Bonchev–Trinajstić information content (AvgIpc) is 3.46. The average molecular weight is 467 g/mol. The number of carbonyl (C=O) groups excluding carboxylic acids is 1. The molecule has 0 spiro atoms. The van der Waals surface area contributed by atoms with Crippen molar-refractivity contribution in [3.8, 4) is 6.07 Å². The molecule has 178 valence electrons. The maximum absolute atomic E-state index is 12.2. The third-order valence-electron chi connectivity index (χ3n) is 6.70. The van der Waals surface area contributed by atoms with E-state index in [0.717, 1.165) is 18.4 Å². The lowest BCUT2D eigenvalue weighted by Crippen LogP contribution is -2.43. The van der Waals surface area contributed by atoms with E-state index < -0.39 is 36.7 Å². The number of aliphatic imine (C=N–C) groups is 1. The number of fused-ring (bicyclic) bond motifs is 1. The number of ether oxygens (including phenoxy) is 3. The predicted molar refractivity (Wildman–Crippen MR) is 118 cm³/mol. The molecule has 1 saturated carbocycles. The number of rotatable bonds is 6. The van der Waals surface area contributed by atoms with Gasteiger partial charge in [-0.05, 0) is 30.5 Å². The molecule has 4 atom stereocenters. The number of nitrogens with two attached hydrogens (primary N) is 1. The van der Waals surface area contributed by atoms with Crippen molar-refractivity contribution >= 4 is 12.0 Å². The van der Waals surface area contributed by atoms with Gasteiger partial charge < -0.3 is 35.6 Å². The maximum Gasteiger partial charge on any atom is 0.508 e. The minimum atomic E-state index is -1.91. The quantitative estimate of drug-likeness (QED) is 0.441. The van der Waals surface area contributed by atoms with Gasteiger partial charge in [-0.2, -0.15) is 5.26 Å². The Bertz CT molecular complexity index is 1150. The van der Waals surface area contributed by atoms with Gasteiger partial charge in [0, 0.05) is 5.41 Å². The molecule has 5 N–H and O–H groups in total. The highest BCUT2D eigenvalue weighted by molar-refractivity contribution is 5.97. The summed E-state index contributed by atoms with van der Waals surface area (Å²) in [6.45, 7) is -0.0490. The molecule has 1 aromatic heterocycles. The number of benzene rings is 1. The summed E-state index contributed by atoms with van der Waals surface area (Å²) in [5.41, 5.74) is 8.59. The maximum atomic E-state index is 12.2. The summed E-state index contributed by atoms with van der Waals surface area (Å²) in [6, 6.07) is 15.0. The van der Waals surface area contributed by atoms with Crippen LogP contribution in [-0.4, -0.2) is 65.1 Å². The van der Waals surface area contributed by atoms with Crippen LogP contribution in [0, 0.1) is 11.3 Å². The number of nitriles is 1. The fraction of sp³-hybridized carbons (Fsp3) is 0.435. The van der Waals surface area contributed by atoms with Crippen molar-refractivity contribution in [2.45, 2.75) is 42.2 Å². The van der Waals surface area contributed by atoms with Gasteiger partial charge in [0.05, 0.1) is 5.69 Å². The summed E-state index contributed by atoms with van der Waals surface area (Å²) >= 11 is 0. The van der Waals surface area contributed by atoms with E-state index in [4.69, 9.17) is 19.9 Å². The standard InChI is InChI=1S/C23H25N5O6/c24-11-23(17-7-6-15-20(25)26-13-27-28(15)17)19(30)18(29)16(34-23)10-32-21(31)33-12-22(8-9-22)14-4-2-1-3-5-14/h1-7,16,18-19,27,29-30H,8-10,12-13H2,(H2,25,26)/t16-,18-,19-,23+/m1/s1. The number of aromatic nitrogens is 1. The Morgan fingerprint density at radius 3 is 2.74 bits per heavy atom. The second-order valence-corrected chi connectivity index (χ2v) is 8.73. The lowest BCUT2D eigenvalue weighted by Gasteiger charge is -2.28. The van der Waals surface area contributed by atoms with Gasteiger partial charge in [0.2, 0.25) is 5.60 Å². The molecule has 3 aliphatic rings. The molecule has 0 radical (unpaired) electrons. The third kappa shape index (κ3) is 3.56. The summed E-state index contributed by atoms with van der Waals surface area (Å²) in [6.07, 6.45) is -3.31. The van der Waals surface area contributed by atoms with Crippen LogP contribution in [0.5, 0.6) is 0 Å². The summed E-state index contributed by atoms with van der Waals surface area (Å²) in [5.74, 6) is 0.262. The third-order valence-corrected chi connectivity index (χ3v) is 6.70. The molecule has 2 aliphatic heterocycles. The number of aliphatic hydroxyl groups excluding tert-OH is 2. The number of amidine groups is 1. The van der Waals surface area contributed by atoms with E-state index in [-0.39, 0.29) is 30.2 Å². The molecule has 3 heterocycles. The first kappa shape index (κ1) is 22.2. The van der Waals surface area contributed by atoms with Crippen molar-refractivity contribution in [3.63, 3.8) is 0 Å². The van der Waals surface area contributed by atoms with Gasteiger partial charge in [0.25, 0.3) is 0 Å². The van der Waals surface area contributed by atoms with E-state index in [2.05, 4.69) is 10.4 Å². The zero-order valence-corrected chi connectivity index (χ0v) is 18.3. The molecule has 0 amide bonds. The fourth-order valence-electron chi connectivity index (χ4n) is 4.53. The minimum Gasteiger partial charge on any atom is -0.433 e. The van der Waals surface area contributed by atoms with E-state index in [1.165, 1.54) is 4.68 Å². The highest BCUT2D eigenvalue weighted by atomic mass is 16.7. The number of aliphatic hydroxyl groups is 2. The molecular weight excluding hydrogens is 442 g/mol. The molecule has 0 unspecified atom stereocenters. The van der Waals surface area contributed by atoms with E-state index in [0.29, 0.717) is 5.69 Å². The second-order valence-electron chi connectivity index (χ2n) is 8.73. The van der Waals surface area contributed by atoms with Crippen molar-refractivity contribution in [3.05, 3.63) is 59.4 Å². The zero-order valence-electron chi connectivity index (χ0n) is 18.3. The first-order valence-electron chi connectivity index (χ1n) is 11.0. The van der Waals surface area contributed by atoms with Crippen LogP contribution in [0.4, 0.5) is 4.79 Å². The van der Waals surface area contributed by atoms with E-state index >= 15 is 0 Å². The van der Waals surface area contributed by atoms with Gasteiger partial charge in [-0.15, -0.1) is 0 Å².